The van der Waals surface area contributed by atoms with E-state index < -0.39 is 0 Å². The lowest BCUT2D eigenvalue weighted by atomic mass is 9.94. The van der Waals surface area contributed by atoms with Crippen LogP contribution < -0.4 is 0 Å². The van der Waals surface area contributed by atoms with Gasteiger partial charge >= 0.3 is 0 Å². The number of nitrogens with one attached hydrogen (secondary N) is 1. The molecule has 1 atom stereocenters. The number of amides is 1. The topological polar surface area (TPSA) is 66.8 Å². The van der Waals surface area contributed by atoms with Crippen LogP contribution in [0.5, 0.6) is 0 Å². The van der Waals surface area contributed by atoms with Crippen LogP contribution in [0.25, 0.3) is 11.0 Å². The first-order valence-corrected chi connectivity index (χ1v) is 9.40. The highest BCUT2D eigenvalue weighted by Gasteiger charge is 2.27. The number of H-pyrrole nitrogens is 1. The molecular weight excluding hydrogens is 326 g/mol. The van der Waals surface area contributed by atoms with Gasteiger partial charge in [0.25, 0.3) is 5.91 Å². The summed E-state index contributed by atoms with van der Waals surface area (Å²) in [6.07, 6.45) is 3.89. The van der Waals surface area contributed by atoms with Crippen molar-refractivity contribution in [3.05, 3.63) is 47.5 Å². The number of fused-ring (bicyclic) bond motifs is 1. The maximum Gasteiger partial charge on any atom is 0.272 e. The van der Waals surface area contributed by atoms with E-state index in [1.54, 1.807) is 4.68 Å². The van der Waals surface area contributed by atoms with E-state index in [1.165, 1.54) is 0 Å². The third kappa shape index (κ3) is 3.23. The SMILES string of the molecule is CCc1cc(C(=O)N2CCC[C@H](Cc3nc4ccccc4[nH]3)C2)n(C)n1. The molecule has 1 aliphatic heterocycles. The quantitative estimate of drug-likeness (QED) is 0.786. The summed E-state index contributed by atoms with van der Waals surface area (Å²) in [5, 5.41) is 4.41. The number of aromatic nitrogens is 4. The number of benzene rings is 1. The van der Waals surface area contributed by atoms with Crippen LogP contribution >= 0.6 is 0 Å². The molecule has 26 heavy (non-hydrogen) atoms. The molecule has 0 radical (unpaired) electrons. The van der Waals surface area contributed by atoms with Crippen LogP contribution in [-0.4, -0.2) is 43.6 Å². The summed E-state index contributed by atoms with van der Waals surface area (Å²) in [5.41, 5.74) is 3.74. The van der Waals surface area contributed by atoms with E-state index in [9.17, 15) is 4.79 Å². The summed E-state index contributed by atoms with van der Waals surface area (Å²) in [7, 11) is 1.85. The molecule has 1 aliphatic rings. The van der Waals surface area contributed by atoms with E-state index in [0.29, 0.717) is 11.6 Å². The van der Waals surface area contributed by atoms with Crippen molar-refractivity contribution in [1.82, 2.24) is 24.6 Å². The Bertz CT molecular complexity index is 892. The van der Waals surface area contributed by atoms with Crippen LogP contribution in [0.3, 0.4) is 0 Å². The molecule has 3 aromatic rings. The van der Waals surface area contributed by atoms with Gasteiger partial charge in [0.1, 0.15) is 11.5 Å². The predicted octanol–water partition coefficient (Wildman–Crippen LogP) is 2.95. The summed E-state index contributed by atoms with van der Waals surface area (Å²) < 4.78 is 1.71. The Kier molecular flexibility index (Phi) is 4.49. The number of aromatic amines is 1. The van der Waals surface area contributed by atoms with E-state index >= 15 is 0 Å². The van der Waals surface area contributed by atoms with Crippen molar-refractivity contribution in [2.75, 3.05) is 13.1 Å². The molecule has 0 unspecified atom stereocenters. The van der Waals surface area contributed by atoms with Gasteiger partial charge in [0.2, 0.25) is 0 Å². The van der Waals surface area contributed by atoms with E-state index in [-0.39, 0.29) is 5.91 Å². The highest BCUT2D eigenvalue weighted by molar-refractivity contribution is 5.92. The van der Waals surface area contributed by atoms with Crippen LogP contribution in [0, 0.1) is 5.92 Å². The Hall–Kier alpha value is -2.63. The normalized spacial score (nSPS) is 17.8. The molecule has 1 saturated heterocycles. The summed E-state index contributed by atoms with van der Waals surface area (Å²) in [6.45, 7) is 3.66. The number of hydrogen-bond donors (Lipinski definition) is 1. The molecule has 1 amide bonds. The van der Waals surface area contributed by atoms with E-state index in [0.717, 1.165) is 61.3 Å². The minimum atomic E-state index is 0.0917. The van der Waals surface area contributed by atoms with Crippen molar-refractivity contribution in [3.8, 4) is 0 Å². The lowest BCUT2D eigenvalue weighted by Gasteiger charge is -2.32. The fraction of sp³-hybridized carbons (Fsp3) is 0.450. The van der Waals surface area contributed by atoms with E-state index in [1.807, 2.05) is 36.2 Å². The van der Waals surface area contributed by atoms with Gasteiger partial charge in [0, 0.05) is 26.6 Å². The minimum Gasteiger partial charge on any atom is -0.342 e. The van der Waals surface area contributed by atoms with Gasteiger partial charge in [0.05, 0.1) is 16.7 Å². The lowest BCUT2D eigenvalue weighted by Crippen LogP contribution is -2.41. The number of hydrogen-bond acceptors (Lipinski definition) is 3. The first-order valence-electron chi connectivity index (χ1n) is 9.40. The fourth-order valence-corrected chi connectivity index (χ4v) is 3.85. The zero-order chi connectivity index (χ0) is 18.1. The van der Waals surface area contributed by atoms with Crippen LogP contribution in [0.15, 0.2) is 30.3 Å². The zero-order valence-electron chi connectivity index (χ0n) is 15.4. The number of rotatable bonds is 4. The number of para-hydroxylation sites is 2. The second kappa shape index (κ2) is 6.94. The van der Waals surface area contributed by atoms with Gasteiger partial charge in [-0.15, -0.1) is 0 Å². The molecule has 0 saturated carbocycles. The van der Waals surface area contributed by atoms with Crippen LogP contribution in [0.1, 0.15) is 41.8 Å². The minimum absolute atomic E-state index is 0.0917. The summed E-state index contributed by atoms with van der Waals surface area (Å²) >= 11 is 0. The van der Waals surface area contributed by atoms with Gasteiger partial charge in [-0.05, 0) is 43.4 Å². The molecule has 0 bridgehead atoms. The number of nitrogens with zero attached hydrogens (tertiary/aromatic N) is 4. The number of aryl methyl sites for hydroxylation is 2. The highest BCUT2D eigenvalue weighted by atomic mass is 16.2. The van der Waals surface area contributed by atoms with Crippen molar-refractivity contribution in [3.63, 3.8) is 0 Å². The summed E-state index contributed by atoms with van der Waals surface area (Å²) in [6, 6.07) is 10.0. The summed E-state index contributed by atoms with van der Waals surface area (Å²) in [5.74, 6) is 1.54. The summed E-state index contributed by atoms with van der Waals surface area (Å²) in [4.78, 5) is 23.0. The molecule has 3 heterocycles. The molecule has 1 fully saturated rings. The van der Waals surface area contributed by atoms with E-state index in [2.05, 4.69) is 23.1 Å². The zero-order valence-corrected chi connectivity index (χ0v) is 15.4. The van der Waals surface area contributed by atoms with Crippen molar-refractivity contribution in [2.45, 2.75) is 32.6 Å². The predicted molar refractivity (Wildman–Crippen MR) is 101 cm³/mol. The number of carbonyl (C=O) groups is 1. The van der Waals surface area contributed by atoms with Gasteiger partial charge < -0.3 is 9.88 Å². The molecule has 6 heteroatoms. The van der Waals surface area contributed by atoms with Crippen molar-refractivity contribution in [1.29, 1.82) is 0 Å². The van der Waals surface area contributed by atoms with Gasteiger partial charge in [-0.2, -0.15) is 5.10 Å². The smallest absolute Gasteiger partial charge is 0.272 e. The molecule has 136 valence electrons. The third-order valence-corrected chi connectivity index (χ3v) is 5.24. The van der Waals surface area contributed by atoms with Crippen molar-refractivity contribution >= 4 is 16.9 Å². The first kappa shape index (κ1) is 16.8. The molecule has 0 aliphatic carbocycles. The Balaban J connectivity index is 1.46. The molecule has 4 rings (SSSR count). The average molecular weight is 351 g/mol. The average Bonchev–Trinajstić information content (AvgIpc) is 3.23. The monoisotopic (exact) mass is 351 g/mol. The maximum absolute atomic E-state index is 12.9. The largest absolute Gasteiger partial charge is 0.342 e. The van der Waals surface area contributed by atoms with E-state index in [4.69, 9.17) is 4.98 Å². The standard InChI is InChI=1S/C20H25N5O/c1-3-15-12-18(24(2)23-15)20(26)25-10-6-7-14(13-25)11-19-21-16-8-4-5-9-17(16)22-19/h4-5,8-9,12,14H,3,6-7,10-11,13H2,1-2H3,(H,21,22)/t14-/m1/s1. The maximum atomic E-state index is 12.9. The van der Waals surface area contributed by atoms with Gasteiger partial charge in [-0.3, -0.25) is 9.48 Å². The van der Waals surface area contributed by atoms with Gasteiger partial charge in [-0.25, -0.2) is 4.98 Å². The molecule has 1 N–H and O–H groups in total. The van der Waals surface area contributed by atoms with Crippen LogP contribution in [0.4, 0.5) is 0 Å². The Labute approximate surface area is 153 Å². The number of imidazole rings is 1. The number of carbonyl (C=O) groups excluding carboxylic acids is 1. The van der Waals surface area contributed by atoms with Gasteiger partial charge in [0.15, 0.2) is 0 Å². The molecule has 0 spiro atoms. The molecule has 1 aromatic carbocycles. The Morgan fingerprint density at radius 1 is 1.35 bits per heavy atom. The van der Waals surface area contributed by atoms with Crippen LogP contribution in [-0.2, 0) is 19.9 Å². The van der Waals surface area contributed by atoms with Crippen LogP contribution in [0.2, 0.25) is 0 Å². The van der Waals surface area contributed by atoms with Crippen molar-refractivity contribution in [2.24, 2.45) is 13.0 Å². The van der Waals surface area contributed by atoms with Crippen molar-refractivity contribution < 1.29 is 4.79 Å². The number of piperidine rings is 1. The Morgan fingerprint density at radius 3 is 2.96 bits per heavy atom. The second-order valence-electron chi connectivity index (χ2n) is 7.16. The fourth-order valence-electron chi connectivity index (χ4n) is 3.85. The second-order valence-corrected chi connectivity index (χ2v) is 7.16. The first-order chi connectivity index (χ1) is 12.6. The van der Waals surface area contributed by atoms with Gasteiger partial charge in [-0.1, -0.05) is 19.1 Å². The lowest BCUT2D eigenvalue weighted by molar-refractivity contribution is 0.0661. The molecule has 6 nitrogen and oxygen atoms in total. The third-order valence-electron chi connectivity index (χ3n) is 5.24. The molecule has 2 aromatic heterocycles. The highest BCUT2D eigenvalue weighted by Crippen LogP contribution is 2.23. The Morgan fingerprint density at radius 2 is 2.19 bits per heavy atom. The number of likely N-dealkylation sites (tertiary alicyclic amines) is 1. The molecular formula is C20H25N5O.